The van der Waals surface area contributed by atoms with E-state index in [1.54, 1.807) is 12.1 Å². The van der Waals surface area contributed by atoms with Gasteiger partial charge < -0.3 is 10.6 Å². The standard InChI is InChI=1S/C9H13N3O2/c1-11(2)6-7-3-4-8(10)9(5-7)12(13)14/h3-5H,6,10H2,1-2H3. The molecule has 0 heterocycles. The Balaban J connectivity index is 3.00. The van der Waals surface area contributed by atoms with Crippen LogP contribution in [0, 0.1) is 10.1 Å². The van der Waals surface area contributed by atoms with Crippen molar-refractivity contribution < 1.29 is 4.92 Å². The average Bonchev–Trinajstić information content (AvgIpc) is 2.07. The Labute approximate surface area is 82.3 Å². The molecule has 0 aliphatic rings. The van der Waals surface area contributed by atoms with Gasteiger partial charge in [0.05, 0.1) is 4.92 Å². The first-order valence-corrected chi connectivity index (χ1v) is 4.18. The second-order valence-corrected chi connectivity index (χ2v) is 3.39. The van der Waals surface area contributed by atoms with Gasteiger partial charge in [0.15, 0.2) is 0 Å². The van der Waals surface area contributed by atoms with Crippen LogP contribution in [0.25, 0.3) is 0 Å². The van der Waals surface area contributed by atoms with Crippen LogP contribution in [0.3, 0.4) is 0 Å². The number of nitrogens with zero attached hydrogens (tertiary/aromatic N) is 2. The molecule has 1 aromatic rings. The quantitative estimate of drug-likeness (QED) is 0.447. The van der Waals surface area contributed by atoms with Crippen LogP contribution in [-0.4, -0.2) is 23.9 Å². The van der Waals surface area contributed by atoms with Crippen LogP contribution in [-0.2, 0) is 6.54 Å². The Bertz CT molecular complexity index is 350. The van der Waals surface area contributed by atoms with Crippen molar-refractivity contribution in [1.29, 1.82) is 0 Å². The molecule has 0 bridgehead atoms. The highest BCUT2D eigenvalue weighted by molar-refractivity contribution is 5.59. The van der Waals surface area contributed by atoms with Crippen LogP contribution in [0.4, 0.5) is 11.4 Å². The first-order valence-electron chi connectivity index (χ1n) is 4.18. The molecular weight excluding hydrogens is 182 g/mol. The third-order valence-electron chi connectivity index (χ3n) is 1.79. The highest BCUT2D eigenvalue weighted by Crippen LogP contribution is 2.22. The molecule has 0 aliphatic carbocycles. The van der Waals surface area contributed by atoms with Gasteiger partial charge in [-0.25, -0.2) is 0 Å². The van der Waals surface area contributed by atoms with Crippen molar-refractivity contribution in [2.45, 2.75) is 6.54 Å². The summed E-state index contributed by atoms with van der Waals surface area (Å²) in [4.78, 5) is 12.0. The lowest BCUT2D eigenvalue weighted by molar-refractivity contribution is -0.384. The number of rotatable bonds is 3. The van der Waals surface area contributed by atoms with Crippen LogP contribution in [0.5, 0.6) is 0 Å². The molecule has 0 aromatic heterocycles. The van der Waals surface area contributed by atoms with Crippen LogP contribution in [0.2, 0.25) is 0 Å². The maximum atomic E-state index is 10.6. The fourth-order valence-electron chi connectivity index (χ4n) is 1.21. The normalized spacial score (nSPS) is 10.5. The van der Waals surface area contributed by atoms with Crippen LogP contribution >= 0.6 is 0 Å². The fraction of sp³-hybridized carbons (Fsp3) is 0.333. The summed E-state index contributed by atoms with van der Waals surface area (Å²) in [5.41, 5.74) is 6.53. The number of hydrogen-bond donors (Lipinski definition) is 1. The number of nitrogens with two attached hydrogens (primary N) is 1. The van der Waals surface area contributed by atoms with Gasteiger partial charge in [-0.3, -0.25) is 10.1 Å². The van der Waals surface area contributed by atoms with Gasteiger partial charge in [-0.2, -0.15) is 0 Å². The summed E-state index contributed by atoms with van der Waals surface area (Å²) in [5.74, 6) is 0. The van der Waals surface area contributed by atoms with Crippen LogP contribution in [0.15, 0.2) is 18.2 Å². The zero-order valence-corrected chi connectivity index (χ0v) is 8.23. The van der Waals surface area contributed by atoms with Gasteiger partial charge in [0.2, 0.25) is 0 Å². The summed E-state index contributed by atoms with van der Waals surface area (Å²) in [5, 5.41) is 10.6. The third-order valence-corrected chi connectivity index (χ3v) is 1.79. The van der Waals surface area contributed by atoms with Crippen molar-refractivity contribution in [2.75, 3.05) is 19.8 Å². The zero-order chi connectivity index (χ0) is 10.7. The van der Waals surface area contributed by atoms with Crippen LogP contribution in [0.1, 0.15) is 5.56 Å². The SMILES string of the molecule is CN(C)Cc1ccc(N)c([N+](=O)[O-])c1. The Morgan fingerprint density at radius 2 is 2.14 bits per heavy atom. The van der Waals surface area contributed by atoms with E-state index < -0.39 is 4.92 Å². The third kappa shape index (κ3) is 2.43. The number of hydrogen-bond acceptors (Lipinski definition) is 4. The summed E-state index contributed by atoms with van der Waals surface area (Å²) >= 11 is 0. The number of nitro groups is 1. The van der Waals surface area contributed by atoms with Crippen molar-refractivity contribution in [3.05, 3.63) is 33.9 Å². The molecule has 0 spiro atoms. The summed E-state index contributed by atoms with van der Waals surface area (Å²) in [6.07, 6.45) is 0. The molecule has 2 N–H and O–H groups in total. The fourth-order valence-corrected chi connectivity index (χ4v) is 1.21. The molecule has 0 saturated carbocycles. The molecule has 0 fully saturated rings. The zero-order valence-electron chi connectivity index (χ0n) is 8.23. The predicted molar refractivity (Wildman–Crippen MR) is 54.9 cm³/mol. The van der Waals surface area contributed by atoms with E-state index in [2.05, 4.69) is 0 Å². The number of benzene rings is 1. The molecule has 0 amide bonds. The summed E-state index contributed by atoms with van der Waals surface area (Å²) in [6.45, 7) is 0.668. The molecule has 0 aliphatic heterocycles. The number of nitro benzene ring substituents is 1. The van der Waals surface area contributed by atoms with E-state index in [9.17, 15) is 10.1 Å². The molecule has 5 nitrogen and oxygen atoms in total. The Morgan fingerprint density at radius 3 is 2.64 bits per heavy atom. The molecule has 0 radical (unpaired) electrons. The molecule has 1 aromatic carbocycles. The van der Waals surface area contributed by atoms with Gasteiger partial charge in [0, 0.05) is 12.6 Å². The van der Waals surface area contributed by atoms with Crippen molar-refractivity contribution in [3.63, 3.8) is 0 Å². The topological polar surface area (TPSA) is 72.4 Å². The molecule has 0 saturated heterocycles. The van der Waals surface area contributed by atoms with E-state index in [1.165, 1.54) is 6.07 Å². The van der Waals surface area contributed by atoms with E-state index >= 15 is 0 Å². The first-order chi connectivity index (χ1) is 6.50. The average molecular weight is 195 g/mol. The Morgan fingerprint density at radius 1 is 1.50 bits per heavy atom. The van der Waals surface area contributed by atoms with Crippen molar-refractivity contribution in [2.24, 2.45) is 0 Å². The summed E-state index contributed by atoms with van der Waals surface area (Å²) in [7, 11) is 3.81. The van der Waals surface area contributed by atoms with E-state index in [-0.39, 0.29) is 11.4 Å². The summed E-state index contributed by atoms with van der Waals surface area (Å²) in [6, 6.07) is 4.87. The van der Waals surface area contributed by atoms with E-state index in [1.807, 2.05) is 19.0 Å². The highest BCUT2D eigenvalue weighted by atomic mass is 16.6. The van der Waals surface area contributed by atoms with E-state index in [4.69, 9.17) is 5.73 Å². The maximum absolute atomic E-state index is 10.6. The molecule has 1 rings (SSSR count). The first kappa shape index (κ1) is 10.5. The molecule has 76 valence electrons. The highest BCUT2D eigenvalue weighted by Gasteiger charge is 2.11. The molecule has 0 atom stereocenters. The number of anilines is 1. The van der Waals surface area contributed by atoms with Gasteiger partial charge in [0.25, 0.3) is 5.69 Å². The Kier molecular flexibility index (Phi) is 3.03. The van der Waals surface area contributed by atoms with Gasteiger partial charge >= 0.3 is 0 Å². The van der Waals surface area contributed by atoms with E-state index in [0.717, 1.165) is 5.56 Å². The lowest BCUT2D eigenvalue weighted by Crippen LogP contribution is -2.11. The van der Waals surface area contributed by atoms with Gasteiger partial charge in [-0.05, 0) is 25.7 Å². The number of nitrogen functional groups attached to an aromatic ring is 1. The second-order valence-electron chi connectivity index (χ2n) is 3.39. The molecular formula is C9H13N3O2. The minimum absolute atomic E-state index is 0.0237. The van der Waals surface area contributed by atoms with Gasteiger partial charge in [-0.15, -0.1) is 0 Å². The maximum Gasteiger partial charge on any atom is 0.292 e. The largest absolute Gasteiger partial charge is 0.393 e. The molecule has 5 heteroatoms. The lowest BCUT2D eigenvalue weighted by Gasteiger charge is -2.09. The van der Waals surface area contributed by atoms with Crippen LogP contribution < -0.4 is 5.73 Å². The summed E-state index contributed by atoms with van der Waals surface area (Å²) < 4.78 is 0. The monoisotopic (exact) mass is 195 g/mol. The lowest BCUT2D eigenvalue weighted by atomic mass is 10.1. The predicted octanol–water partition coefficient (Wildman–Crippen LogP) is 1.24. The molecule has 0 unspecified atom stereocenters. The van der Waals surface area contributed by atoms with Crippen molar-refractivity contribution in [1.82, 2.24) is 4.90 Å². The van der Waals surface area contributed by atoms with Gasteiger partial charge in [0.1, 0.15) is 5.69 Å². The van der Waals surface area contributed by atoms with Crippen molar-refractivity contribution >= 4 is 11.4 Å². The molecule has 14 heavy (non-hydrogen) atoms. The van der Waals surface area contributed by atoms with E-state index in [0.29, 0.717) is 6.54 Å². The second kappa shape index (κ2) is 4.06. The van der Waals surface area contributed by atoms with Crippen molar-refractivity contribution in [3.8, 4) is 0 Å². The smallest absolute Gasteiger partial charge is 0.292 e. The van der Waals surface area contributed by atoms with Gasteiger partial charge in [-0.1, -0.05) is 6.07 Å². The Hall–Kier alpha value is -1.62. The minimum atomic E-state index is -0.464. The minimum Gasteiger partial charge on any atom is -0.393 e.